The molecule has 1 unspecified atom stereocenters. The molecule has 0 aromatic rings. The van der Waals surface area contributed by atoms with Crippen LogP contribution in [0.5, 0.6) is 0 Å². The van der Waals surface area contributed by atoms with Gasteiger partial charge in [-0.3, -0.25) is 33.3 Å². The van der Waals surface area contributed by atoms with Crippen molar-refractivity contribution in [2.75, 3.05) is 52.6 Å². The van der Waals surface area contributed by atoms with Crippen LogP contribution < -0.4 is 0 Å². The predicted octanol–water partition coefficient (Wildman–Crippen LogP) is 14.1. The minimum absolute atomic E-state index is 0.0420. The van der Waals surface area contributed by atoms with Gasteiger partial charge in [0.05, 0.1) is 32.8 Å². The van der Waals surface area contributed by atoms with Crippen molar-refractivity contribution in [3.05, 3.63) is 0 Å². The average molecular weight is 1100 g/mol. The summed E-state index contributed by atoms with van der Waals surface area (Å²) >= 11 is 0. The second kappa shape index (κ2) is 52.4. The van der Waals surface area contributed by atoms with Gasteiger partial charge in [-0.15, -0.1) is 0 Å². The first-order valence-corrected chi connectivity index (χ1v) is 32.5. The molecule has 0 saturated carbocycles. The van der Waals surface area contributed by atoms with Crippen molar-refractivity contribution in [1.29, 1.82) is 0 Å². The van der Waals surface area contributed by atoms with Gasteiger partial charge < -0.3 is 28.7 Å². The molecule has 1 N–H and O–H groups in total. The van der Waals surface area contributed by atoms with E-state index < -0.39 is 83.7 Å². The lowest BCUT2D eigenvalue weighted by Gasteiger charge is -2.26. The molecule has 0 aliphatic heterocycles. The van der Waals surface area contributed by atoms with Crippen LogP contribution in [0.1, 0.15) is 291 Å². The Bertz CT molecular complexity index is 1480. The van der Waals surface area contributed by atoms with Crippen LogP contribution in [-0.2, 0) is 57.8 Å². The maximum atomic E-state index is 14.2. The van der Waals surface area contributed by atoms with Crippen molar-refractivity contribution >= 4 is 45.8 Å². The first-order chi connectivity index (χ1) is 36.8. The SMILES string of the molecule is CCCCCCCCCCCCOC(=O)CN(CC(=O)OCCCCCCCCCCCC)C(=O)CC(C(=O)N(CC(=O)OCCCCCCCCCCCC)CC(=O)OCCCCCCCCCCCC)S(=O)(=O)O. The summed E-state index contributed by atoms with van der Waals surface area (Å²) in [5, 5.41) is -2.50. The highest BCUT2D eigenvalue weighted by Crippen LogP contribution is 2.17. The molecule has 76 heavy (non-hydrogen) atoms. The van der Waals surface area contributed by atoms with E-state index in [9.17, 15) is 41.7 Å². The molecule has 2 amide bonds. The maximum absolute atomic E-state index is 14.2. The van der Waals surface area contributed by atoms with E-state index in [2.05, 4.69) is 27.7 Å². The summed E-state index contributed by atoms with van der Waals surface area (Å²) in [5.74, 6) is -6.09. The molecule has 0 aromatic heterocycles. The lowest BCUT2D eigenvalue weighted by atomic mass is 10.1. The second-order valence-corrected chi connectivity index (χ2v) is 22.9. The van der Waals surface area contributed by atoms with Gasteiger partial charge in [0.2, 0.25) is 11.8 Å². The summed E-state index contributed by atoms with van der Waals surface area (Å²) in [6.07, 6.45) is 41.6. The van der Waals surface area contributed by atoms with E-state index in [1.54, 1.807) is 0 Å². The summed E-state index contributed by atoms with van der Waals surface area (Å²) in [4.78, 5) is 82.2. The number of unbranched alkanes of at least 4 members (excludes halogenated alkanes) is 36. The summed E-state index contributed by atoms with van der Waals surface area (Å²) < 4.78 is 58.1. The summed E-state index contributed by atoms with van der Waals surface area (Å²) in [5.41, 5.74) is 0. The van der Waals surface area contributed by atoms with Crippen LogP contribution in [0.2, 0.25) is 0 Å². The Balaban J connectivity index is 5.90. The van der Waals surface area contributed by atoms with Crippen molar-refractivity contribution < 1.29 is 60.7 Å². The molecule has 1 atom stereocenters. The summed E-state index contributed by atoms with van der Waals surface area (Å²) in [7, 11) is -5.39. The van der Waals surface area contributed by atoms with Gasteiger partial charge in [0.25, 0.3) is 10.1 Å². The third kappa shape index (κ3) is 45.7. The van der Waals surface area contributed by atoms with Gasteiger partial charge in [-0.1, -0.05) is 259 Å². The Morgan fingerprint density at radius 3 is 0.737 bits per heavy atom. The van der Waals surface area contributed by atoms with Crippen molar-refractivity contribution in [2.45, 2.75) is 296 Å². The number of esters is 4. The number of hydrogen-bond acceptors (Lipinski definition) is 12. The standard InChI is InChI=1S/C60H112N2O13S/c1-5-9-13-17-21-25-29-33-37-41-45-72-56(64)50-61(51-57(65)73-46-42-38-34-30-26-22-18-14-10-6-2)55(63)49-54(76(69,70)71)60(68)62(52-58(66)74-47-43-39-35-31-27-23-19-15-11-7-3)53-59(67)75-48-44-40-36-32-28-24-20-16-12-8-4/h54H,5-53H2,1-4H3,(H,69,70,71). The highest BCUT2D eigenvalue weighted by molar-refractivity contribution is 7.87. The highest BCUT2D eigenvalue weighted by Gasteiger charge is 2.40. The molecule has 446 valence electrons. The molecule has 0 radical (unpaired) electrons. The minimum Gasteiger partial charge on any atom is -0.464 e. The molecule has 16 heteroatoms. The monoisotopic (exact) mass is 1100 g/mol. The molecule has 0 heterocycles. The van der Waals surface area contributed by atoms with Crippen LogP contribution in [0.3, 0.4) is 0 Å². The van der Waals surface area contributed by atoms with E-state index in [0.29, 0.717) is 30.6 Å². The van der Waals surface area contributed by atoms with Gasteiger partial charge in [0, 0.05) is 0 Å². The first kappa shape index (κ1) is 72.7. The van der Waals surface area contributed by atoms with Gasteiger partial charge in [-0.25, -0.2) is 0 Å². The van der Waals surface area contributed by atoms with E-state index in [1.165, 1.54) is 128 Å². The number of rotatable bonds is 56. The van der Waals surface area contributed by atoms with Gasteiger partial charge in [0.15, 0.2) is 5.25 Å². The topological polar surface area (TPSA) is 200 Å². The summed E-state index contributed by atoms with van der Waals surface area (Å²) in [6, 6.07) is 0. The van der Waals surface area contributed by atoms with Crippen LogP contribution in [0.25, 0.3) is 0 Å². The number of carbonyl (C=O) groups is 6. The van der Waals surface area contributed by atoms with Crippen molar-refractivity contribution in [3.8, 4) is 0 Å². The fourth-order valence-corrected chi connectivity index (χ4v) is 9.92. The second-order valence-electron chi connectivity index (χ2n) is 21.3. The third-order valence-corrected chi connectivity index (χ3v) is 15.1. The predicted molar refractivity (Wildman–Crippen MR) is 304 cm³/mol. The zero-order valence-electron chi connectivity index (χ0n) is 48.9. The van der Waals surface area contributed by atoms with E-state index in [1.807, 2.05) is 0 Å². The Labute approximate surface area is 463 Å². The van der Waals surface area contributed by atoms with Gasteiger partial charge in [-0.05, 0) is 25.7 Å². The molecule has 0 bridgehead atoms. The van der Waals surface area contributed by atoms with Crippen molar-refractivity contribution in [1.82, 2.24) is 9.80 Å². The number of amides is 2. The zero-order chi connectivity index (χ0) is 56.2. The van der Waals surface area contributed by atoms with Crippen LogP contribution in [-0.4, -0.2) is 116 Å². The van der Waals surface area contributed by atoms with Gasteiger partial charge in [0.1, 0.15) is 26.2 Å². The van der Waals surface area contributed by atoms with Crippen LogP contribution in [0, 0.1) is 0 Å². The molecular weight excluding hydrogens is 989 g/mol. The molecule has 0 aliphatic rings. The molecule has 0 rings (SSSR count). The summed E-state index contributed by atoms with van der Waals surface area (Å²) in [6.45, 7) is 5.78. The third-order valence-electron chi connectivity index (χ3n) is 14.0. The molecule has 0 aliphatic carbocycles. The molecular formula is C60H112N2O13S. The number of hydrogen-bond donors (Lipinski definition) is 1. The fourth-order valence-electron chi connectivity index (χ4n) is 9.16. The smallest absolute Gasteiger partial charge is 0.325 e. The van der Waals surface area contributed by atoms with E-state index >= 15 is 0 Å². The minimum atomic E-state index is -5.39. The average Bonchev–Trinajstić information content (AvgIpc) is 3.38. The number of nitrogens with zero attached hydrogens (tertiary/aromatic N) is 2. The van der Waals surface area contributed by atoms with Crippen LogP contribution in [0.4, 0.5) is 0 Å². The van der Waals surface area contributed by atoms with Crippen molar-refractivity contribution in [2.24, 2.45) is 0 Å². The van der Waals surface area contributed by atoms with Crippen molar-refractivity contribution in [3.63, 3.8) is 0 Å². The van der Waals surface area contributed by atoms with Crippen LogP contribution >= 0.6 is 0 Å². The van der Waals surface area contributed by atoms with E-state index in [0.717, 1.165) is 108 Å². The fraction of sp³-hybridized carbons (Fsp3) is 0.900. The highest BCUT2D eigenvalue weighted by atomic mass is 32.2. The maximum Gasteiger partial charge on any atom is 0.325 e. The lowest BCUT2D eigenvalue weighted by Crippen LogP contribution is -2.50. The zero-order valence-corrected chi connectivity index (χ0v) is 49.7. The molecule has 0 aromatic carbocycles. The van der Waals surface area contributed by atoms with Gasteiger partial charge >= 0.3 is 23.9 Å². The Morgan fingerprint density at radius 2 is 0.526 bits per heavy atom. The first-order valence-electron chi connectivity index (χ1n) is 31.0. The Hall–Kier alpha value is -3.27. The molecule has 0 spiro atoms. The van der Waals surface area contributed by atoms with E-state index in [4.69, 9.17) is 18.9 Å². The Morgan fingerprint density at radius 1 is 0.329 bits per heavy atom. The lowest BCUT2D eigenvalue weighted by molar-refractivity contribution is -0.156. The molecule has 0 fully saturated rings. The molecule has 0 saturated heterocycles. The normalized spacial score (nSPS) is 11.8. The molecule has 15 nitrogen and oxygen atoms in total. The largest absolute Gasteiger partial charge is 0.464 e. The van der Waals surface area contributed by atoms with Gasteiger partial charge in [-0.2, -0.15) is 8.42 Å². The number of ether oxygens (including phenoxy) is 4. The number of carbonyl (C=O) groups excluding carboxylic acids is 6. The van der Waals surface area contributed by atoms with Crippen LogP contribution in [0.15, 0.2) is 0 Å². The Kier molecular flexibility index (Phi) is 50.2. The van der Waals surface area contributed by atoms with E-state index in [-0.39, 0.29) is 26.4 Å². The quantitative estimate of drug-likeness (QED) is 0.0261.